The Morgan fingerprint density at radius 1 is 1.02 bits per heavy atom. The van der Waals surface area contributed by atoms with E-state index in [1.54, 1.807) is 30.3 Å². The molecule has 5 rings (SSSR count). The molecular formula is C31H25ClF3N3O3. The van der Waals surface area contributed by atoms with Crippen molar-refractivity contribution in [2.24, 2.45) is 0 Å². The summed E-state index contributed by atoms with van der Waals surface area (Å²) in [6.45, 7) is 0. The maximum atomic E-state index is 15.3. The monoisotopic (exact) mass is 579 g/mol. The van der Waals surface area contributed by atoms with Gasteiger partial charge in [0.1, 0.15) is 11.6 Å². The molecule has 0 fully saturated rings. The summed E-state index contributed by atoms with van der Waals surface area (Å²) in [5.74, 6) is -3.32. The van der Waals surface area contributed by atoms with Gasteiger partial charge in [0, 0.05) is 40.9 Å². The molecule has 4 aromatic rings. The van der Waals surface area contributed by atoms with Gasteiger partial charge in [0.15, 0.2) is 5.82 Å². The largest absolute Gasteiger partial charge is 0.469 e. The van der Waals surface area contributed by atoms with Crippen molar-refractivity contribution in [3.05, 3.63) is 100 Å². The molecule has 41 heavy (non-hydrogen) atoms. The summed E-state index contributed by atoms with van der Waals surface area (Å²) in [4.78, 5) is 33.3. The van der Waals surface area contributed by atoms with E-state index in [4.69, 9.17) is 16.3 Å². The highest BCUT2D eigenvalue weighted by Gasteiger charge is 2.24. The number of anilines is 1. The van der Waals surface area contributed by atoms with Gasteiger partial charge in [-0.25, -0.2) is 13.2 Å². The molecule has 6 nitrogen and oxygen atoms in total. The van der Waals surface area contributed by atoms with E-state index in [0.717, 1.165) is 18.3 Å². The third-order valence-corrected chi connectivity index (χ3v) is 7.39. The van der Waals surface area contributed by atoms with E-state index in [1.807, 2.05) is 0 Å². The molecule has 0 radical (unpaired) electrons. The Morgan fingerprint density at radius 2 is 1.85 bits per heavy atom. The number of nitrogens with one attached hydrogen (secondary N) is 1. The molecule has 10 heteroatoms. The van der Waals surface area contributed by atoms with Gasteiger partial charge in [0.2, 0.25) is 5.91 Å². The summed E-state index contributed by atoms with van der Waals surface area (Å²) >= 11 is 5.86. The van der Waals surface area contributed by atoms with E-state index < -0.39 is 29.3 Å². The van der Waals surface area contributed by atoms with Crippen molar-refractivity contribution in [2.75, 3.05) is 12.4 Å². The van der Waals surface area contributed by atoms with Crippen LogP contribution in [0.2, 0.25) is 5.02 Å². The maximum Gasteiger partial charge on any atom is 0.309 e. The van der Waals surface area contributed by atoms with Crippen LogP contribution in [0.25, 0.3) is 22.4 Å². The van der Waals surface area contributed by atoms with Crippen LogP contribution < -0.4 is 5.32 Å². The summed E-state index contributed by atoms with van der Waals surface area (Å²) in [6.07, 6.45) is 4.33. The standard InChI is InChI=1S/C31H25ClF3N3O3/c1-41-29(40)13-17-6-8-20-26-14-21(24(34)16-37-26)19(4-2-3-5-28(39)38-27(20)12-17)25-11-7-18(15-36-25)30-23(33)10-9-22(32)31(30)35/h6-12,14-16,19H,2-5,13H2,1H3,(H,38,39). The Balaban J connectivity index is 1.57. The fraction of sp³-hybridized carbons (Fsp3) is 0.226. The van der Waals surface area contributed by atoms with Gasteiger partial charge in [-0.05, 0) is 48.7 Å². The highest BCUT2D eigenvalue weighted by molar-refractivity contribution is 6.31. The zero-order chi connectivity index (χ0) is 29.1. The lowest BCUT2D eigenvalue weighted by Gasteiger charge is -2.21. The molecule has 2 aromatic heterocycles. The second kappa shape index (κ2) is 12.1. The number of amides is 1. The zero-order valence-corrected chi connectivity index (χ0v) is 22.8. The van der Waals surface area contributed by atoms with Crippen molar-refractivity contribution < 1.29 is 27.5 Å². The van der Waals surface area contributed by atoms with E-state index in [0.29, 0.717) is 53.0 Å². The third kappa shape index (κ3) is 6.10. The fourth-order valence-electron chi connectivity index (χ4n) is 5.00. The van der Waals surface area contributed by atoms with Crippen molar-refractivity contribution in [1.82, 2.24) is 9.97 Å². The predicted molar refractivity (Wildman–Crippen MR) is 149 cm³/mol. The number of pyridine rings is 2. The molecule has 1 amide bonds. The number of fused-ring (bicyclic) bond motifs is 4. The summed E-state index contributed by atoms with van der Waals surface area (Å²) in [6, 6.07) is 12.1. The first-order valence-corrected chi connectivity index (χ1v) is 13.4. The molecular weight excluding hydrogens is 555 g/mol. The van der Waals surface area contributed by atoms with Crippen molar-refractivity contribution >= 4 is 29.2 Å². The first kappa shape index (κ1) is 28.3. The molecule has 0 saturated heterocycles. The number of benzene rings is 2. The van der Waals surface area contributed by atoms with Crippen LogP contribution >= 0.6 is 11.6 Å². The molecule has 2 bridgehead atoms. The zero-order valence-electron chi connectivity index (χ0n) is 22.0. The summed E-state index contributed by atoms with van der Waals surface area (Å²) in [7, 11) is 1.30. The number of hydrogen-bond acceptors (Lipinski definition) is 5. The molecule has 1 N–H and O–H groups in total. The van der Waals surface area contributed by atoms with Gasteiger partial charge < -0.3 is 10.1 Å². The molecule has 210 valence electrons. The van der Waals surface area contributed by atoms with Crippen LogP contribution in [0, 0.1) is 17.5 Å². The number of nitrogens with zero attached hydrogens (tertiary/aromatic N) is 2. The van der Waals surface area contributed by atoms with Crippen molar-refractivity contribution in [1.29, 1.82) is 0 Å². The van der Waals surface area contributed by atoms with Crippen LogP contribution in [0.15, 0.2) is 60.9 Å². The number of esters is 1. The SMILES string of the molecule is COC(=O)Cc1ccc2c(c1)NC(=O)CCCCC(c1ccc(-c3c(F)ccc(Cl)c3F)cn1)c1cc-2ncc1F. The lowest BCUT2D eigenvalue weighted by atomic mass is 9.88. The van der Waals surface area contributed by atoms with Gasteiger partial charge in [-0.1, -0.05) is 36.2 Å². The van der Waals surface area contributed by atoms with Crippen molar-refractivity contribution in [2.45, 2.75) is 38.0 Å². The van der Waals surface area contributed by atoms with Crippen molar-refractivity contribution in [3.63, 3.8) is 0 Å². The first-order chi connectivity index (χ1) is 19.7. The molecule has 1 unspecified atom stereocenters. The molecule has 0 aliphatic carbocycles. The number of methoxy groups -OCH3 is 1. The number of rotatable bonds is 4. The maximum absolute atomic E-state index is 15.3. The smallest absolute Gasteiger partial charge is 0.309 e. The second-order valence-corrected chi connectivity index (χ2v) is 10.2. The number of hydrogen-bond donors (Lipinski definition) is 1. The molecule has 1 aliphatic heterocycles. The van der Waals surface area contributed by atoms with E-state index >= 15 is 4.39 Å². The third-order valence-electron chi connectivity index (χ3n) is 7.09. The summed E-state index contributed by atoms with van der Waals surface area (Å²) in [5, 5.41) is 2.69. The lowest BCUT2D eigenvalue weighted by molar-refractivity contribution is -0.139. The molecule has 2 aromatic carbocycles. The van der Waals surface area contributed by atoms with E-state index in [9.17, 15) is 18.4 Å². The minimum atomic E-state index is -0.885. The Bertz CT molecular complexity index is 1630. The van der Waals surface area contributed by atoms with Crippen LogP contribution in [0.1, 0.15) is 48.4 Å². The highest BCUT2D eigenvalue weighted by Crippen LogP contribution is 2.37. The number of carbonyl (C=O) groups is 2. The molecule has 0 saturated carbocycles. The minimum absolute atomic E-state index is 0.0223. The predicted octanol–water partition coefficient (Wildman–Crippen LogP) is 7.24. The van der Waals surface area contributed by atoms with E-state index in [2.05, 4.69) is 15.3 Å². The fourth-order valence-corrected chi connectivity index (χ4v) is 5.15. The normalized spacial score (nSPS) is 15.2. The van der Waals surface area contributed by atoms with Gasteiger partial charge in [-0.15, -0.1) is 0 Å². The Hall–Kier alpha value is -4.24. The van der Waals surface area contributed by atoms with Gasteiger partial charge >= 0.3 is 5.97 Å². The van der Waals surface area contributed by atoms with Crippen LogP contribution in [-0.2, 0) is 20.7 Å². The summed E-state index contributed by atoms with van der Waals surface area (Å²) < 4.78 is 49.1. The average molecular weight is 580 g/mol. The van der Waals surface area contributed by atoms with Crippen LogP contribution in [0.3, 0.4) is 0 Å². The Labute approximate surface area is 239 Å². The first-order valence-electron chi connectivity index (χ1n) is 13.0. The van der Waals surface area contributed by atoms with Gasteiger partial charge in [-0.3, -0.25) is 19.6 Å². The molecule has 1 aliphatic rings. The van der Waals surface area contributed by atoms with E-state index in [1.165, 1.54) is 19.4 Å². The topological polar surface area (TPSA) is 81.2 Å². The van der Waals surface area contributed by atoms with Gasteiger partial charge in [-0.2, -0.15) is 0 Å². The van der Waals surface area contributed by atoms with Crippen molar-refractivity contribution in [3.8, 4) is 22.4 Å². The number of ether oxygens (including phenoxy) is 1. The average Bonchev–Trinajstić information content (AvgIpc) is 2.96. The van der Waals surface area contributed by atoms with E-state index in [-0.39, 0.29) is 34.9 Å². The Morgan fingerprint density at radius 3 is 2.61 bits per heavy atom. The quantitative estimate of drug-likeness (QED) is 0.204. The number of halogens is 4. The van der Waals surface area contributed by atoms with Crippen LogP contribution in [0.5, 0.6) is 0 Å². The molecule has 1 atom stereocenters. The summed E-state index contributed by atoms with van der Waals surface area (Å²) in [5.41, 5.74) is 2.83. The molecule has 0 spiro atoms. The van der Waals surface area contributed by atoms with Crippen LogP contribution in [0.4, 0.5) is 18.9 Å². The molecule has 3 heterocycles. The lowest BCUT2D eigenvalue weighted by Crippen LogP contribution is -2.14. The minimum Gasteiger partial charge on any atom is -0.469 e. The number of carbonyl (C=O) groups excluding carboxylic acids is 2. The van der Waals surface area contributed by atoms with Gasteiger partial charge in [0.25, 0.3) is 0 Å². The Kier molecular flexibility index (Phi) is 8.35. The van der Waals surface area contributed by atoms with Gasteiger partial charge in [0.05, 0.1) is 41.7 Å². The highest BCUT2D eigenvalue weighted by atomic mass is 35.5. The number of aromatic nitrogens is 2. The second-order valence-electron chi connectivity index (χ2n) is 9.76. The van der Waals surface area contributed by atoms with Crippen LogP contribution in [-0.4, -0.2) is 29.0 Å².